The summed E-state index contributed by atoms with van der Waals surface area (Å²) in [5.74, 6) is -0.975. The molecule has 1 saturated heterocycles. The second-order valence-corrected chi connectivity index (χ2v) is 11.2. The van der Waals surface area contributed by atoms with E-state index in [0.29, 0.717) is 0 Å². The van der Waals surface area contributed by atoms with Crippen LogP contribution < -0.4 is 4.90 Å². The highest BCUT2D eigenvalue weighted by Gasteiger charge is 2.51. The van der Waals surface area contributed by atoms with Gasteiger partial charge in [0.1, 0.15) is 6.54 Å². The molecule has 3 atom stereocenters. The molecule has 0 spiro atoms. The minimum atomic E-state index is -0.498. The monoisotopic (exact) mass is 458 g/mol. The summed E-state index contributed by atoms with van der Waals surface area (Å²) in [7, 11) is 0. The van der Waals surface area contributed by atoms with Crippen molar-refractivity contribution in [3.63, 3.8) is 0 Å². The average molecular weight is 459 g/mol. The van der Waals surface area contributed by atoms with E-state index in [2.05, 4.69) is 58.0 Å². The number of carbonyl (C=O) groups is 3. The van der Waals surface area contributed by atoms with E-state index in [-0.39, 0.29) is 41.5 Å². The van der Waals surface area contributed by atoms with Crippen molar-refractivity contribution in [3.05, 3.63) is 65.2 Å². The van der Waals surface area contributed by atoms with Crippen molar-refractivity contribution in [2.24, 2.45) is 11.8 Å². The van der Waals surface area contributed by atoms with Crippen LogP contribution in [-0.2, 0) is 19.8 Å². The first-order valence-corrected chi connectivity index (χ1v) is 12.5. The number of imide groups is 1. The van der Waals surface area contributed by atoms with E-state index < -0.39 is 5.54 Å². The highest BCUT2D eigenvalue weighted by atomic mass is 16.2. The van der Waals surface area contributed by atoms with E-state index in [1.165, 1.54) is 10.5 Å². The van der Waals surface area contributed by atoms with Gasteiger partial charge in [0.25, 0.3) is 0 Å². The maximum atomic E-state index is 13.8. The van der Waals surface area contributed by atoms with Crippen molar-refractivity contribution >= 4 is 23.4 Å². The number of likely N-dealkylation sites (tertiary alicyclic amines) is 1. The Morgan fingerprint density at radius 2 is 1.56 bits per heavy atom. The van der Waals surface area contributed by atoms with Gasteiger partial charge in [0.2, 0.25) is 17.7 Å². The van der Waals surface area contributed by atoms with Gasteiger partial charge in [-0.3, -0.25) is 19.3 Å². The van der Waals surface area contributed by atoms with Gasteiger partial charge in [-0.05, 0) is 57.2 Å². The van der Waals surface area contributed by atoms with Crippen LogP contribution in [0.3, 0.4) is 0 Å². The summed E-state index contributed by atoms with van der Waals surface area (Å²) < 4.78 is 0. The van der Waals surface area contributed by atoms with Gasteiger partial charge in [0, 0.05) is 16.6 Å². The molecule has 2 aliphatic heterocycles. The third-order valence-corrected chi connectivity index (χ3v) is 8.27. The standard InChI is InChI=1S/C29H34N2O3/c1-19-14-15-24-23(16-19)29(4,20-10-6-5-7-11-20)18-28(2,3)31(24)25(32)17-30-26(33)21-12-8-9-13-22(21)27(30)34/h5-7,10-11,14-16,21-22H,8-9,12-13,17-18H2,1-4H3/t21-,22-,29+/m1/s1. The number of hydrogen-bond donors (Lipinski definition) is 0. The van der Waals surface area contributed by atoms with Gasteiger partial charge < -0.3 is 4.90 Å². The van der Waals surface area contributed by atoms with E-state index in [1.807, 2.05) is 23.1 Å². The van der Waals surface area contributed by atoms with Crippen molar-refractivity contribution in [2.45, 2.75) is 70.8 Å². The molecule has 0 radical (unpaired) electrons. The van der Waals surface area contributed by atoms with Crippen molar-refractivity contribution in [1.29, 1.82) is 0 Å². The van der Waals surface area contributed by atoms with Gasteiger partial charge in [-0.1, -0.05) is 67.8 Å². The Bertz CT molecular complexity index is 1130. The molecule has 5 nitrogen and oxygen atoms in total. The lowest BCUT2D eigenvalue weighted by Crippen LogP contribution is -2.58. The molecule has 178 valence electrons. The largest absolute Gasteiger partial charge is 0.305 e. The molecule has 1 aliphatic carbocycles. The molecule has 2 aromatic rings. The minimum Gasteiger partial charge on any atom is -0.305 e. The third kappa shape index (κ3) is 3.48. The molecule has 2 aromatic carbocycles. The Balaban J connectivity index is 1.53. The average Bonchev–Trinajstić information content (AvgIpc) is 3.04. The molecule has 1 saturated carbocycles. The number of fused-ring (bicyclic) bond motifs is 2. The van der Waals surface area contributed by atoms with E-state index >= 15 is 0 Å². The van der Waals surface area contributed by atoms with E-state index in [9.17, 15) is 14.4 Å². The fraction of sp³-hybridized carbons (Fsp3) is 0.483. The molecule has 2 fully saturated rings. The quantitative estimate of drug-likeness (QED) is 0.609. The first-order valence-electron chi connectivity index (χ1n) is 12.5. The highest BCUT2D eigenvalue weighted by molar-refractivity contribution is 6.09. The van der Waals surface area contributed by atoms with Crippen LogP contribution in [-0.4, -0.2) is 34.7 Å². The zero-order valence-electron chi connectivity index (χ0n) is 20.6. The minimum absolute atomic E-state index is 0.156. The zero-order chi connectivity index (χ0) is 24.3. The predicted molar refractivity (Wildman–Crippen MR) is 132 cm³/mol. The zero-order valence-corrected chi connectivity index (χ0v) is 20.6. The molecule has 0 unspecified atom stereocenters. The molecular weight excluding hydrogens is 424 g/mol. The molecule has 0 bridgehead atoms. The van der Waals surface area contributed by atoms with Crippen LogP contribution >= 0.6 is 0 Å². The van der Waals surface area contributed by atoms with E-state index in [0.717, 1.165) is 48.9 Å². The summed E-state index contributed by atoms with van der Waals surface area (Å²) in [5, 5.41) is 0. The lowest BCUT2D eigenvalue weighted by molar-refractivity contribution is -0.143. The Kier molecular flexibility index (Phi) is 5.42. The summed E-state index contributed by atoms with van der Waals surface area (Å²) in [6.07, 6.45) is 4.20. The fourth-order valence-corrected chi connectivity index (χ4v) is 6.78. The first-order chi connectivity index (χ1) is 16.1. The van der Waals surface area contributed by atoms with Crippen LogP contribution in [0.25, 0.3) is 0 Å². The summed E-state index contributed by atoms with van der Waals surface area (Å²) in [4.78, 5) is 43.0. The summed E-state index contributed by atoms with van der Waals surface area (Å²) in [6, 6.07) is 16.7. The van der Waals surface area contributed by atoms with Gasteiger partial charge in [0.15, 0.2) is 0 Å². The summed E-state index contributed by atoms with van der Waals surface area (Å²) in [5.41, 5.74) is 3.58. The van der Waals surface area contributed by atoms with Crippen LogP contribution in [0.4, 0.5) is 5.69 Å². The highest BCUT2D eigenvalue weighted by Crippen LogP contribution is 2.51. The smallest absolute Gasteiger partial charge is 0.247 e. The number of aryl methyl sites for hydroxylation is 1. The maximum absolute atomic E-state index is 13.8. The maximum Gasteiger partial charge on any atom is 0.247 e. The van der Waals surface area contributed by atoms with Crippen molar-refractivity contribution in [3.8, 4) is 0 Å². The topological polar surface area (TPSA) is 57.7 Å². The molecule has 5 heteroatoms. The van der Waals surface area contributed by atoms with Crippen molar-refractivity contribution in [1.82, 2.24) is 4.90 Å². The summed E-state index contributed by atoms with van der Waals surface area (Å²) in [6.45, 7) is 8.32. The third-order valence-electron chi connectivity index (χ3n) is 8.27. The number of rotatable bonds is 3. The first kappa shape index (κ1) is 22.8. The molecular formula is C29H34N2O3. The van der Waals surface area contributed by atoms with Gasteiger partial charge in [-0.25, -0.2) is 0 Å². The van der Waals surface area contributed by atoms with Gasteiger partial charge in [-0.15, -0.1) is 0 Å². The molecule has 0 aromatic heterocycles. The lowest BCUT2D eigenvalue weighted by Gasteiger charge is -2.51. The number of anilines is 1. The Morgan fingerprint density at radius 3 is 2.18 bits per heavy atom. The molecule has 2 heterocycles. The van der Waals surface area contributed by atoms with Gasteiger partial charge in [0.05, 0.1) is 11.8 Å². The molecule has 3 amide bonds. The number of carbonyl (C=O) groups excluding carboxylic acids is 3. The molecule has 3 aliphatic rings. The molecule has 0 N–H and O–H groups in total. The second-order valence-electron chi connectivity index (χ2n) is 11.2. The molecule has 34 heavy (non-hydrogen) atoms. The molecule has 5 rings (SSSR count). The normalized spacial score (nSPS) is 28.0. The number of hydrogen-bond acceptors (Lipinski definition) is 3. The number of amides is 3. The number of nitrogens with zero attached hydrogens (tertiary/aromatic N) is 2. The predicted octanol–water partition coefficient (Wildman–Crippen LogP) is 4.99. The van der Waals surface area contributed by atoms with Gasteiger partial charge in [-0.2, -0.15) is 0 Å². The second kappa shape index (κ2) is 8.07. The lowest BCUT2D eigenvalue weighted by atomic mass is 9.65. The Morgan fingerprint density at radius 1 is 0.941 bits per heavy atom. The van der Waals surface area contributed by atoms with E-state index in [1.54, 1.807) is 0 Å². The number of benzene rings is 2. The van der Waals surface area contributed by atoms with E-state index in [4.69, 9.17) is 0 Å². The van der Waals surface area contributed by atoms with Crippen LogP contribution in [0.15, 0.2) is 48.5 Å². The SMILES string of the molecule is Cc1ccc2c(c1)[C@](C)(c1ccccc1)CC(C)(C)N2C(=O)CN1C(=O)[C@@H]2CCCC[C@H]2C1=O. The Labute approximate surface area is 202 Å². The van der Waals surface area contributed by atoms with Crippen molar-refractivity contribution < 1.29 is 14.4 Å². The van der Waals surface area contributed by atoms with Crippen LogP contribution in [0.2, 0.25) is 0 Å². The van der Waals surface area contributed by atoms with Crippen LogP contribution in [0.5, 0.6) is 0 Å². The fourth-order valence-electron chi connectivity index (χ4n) is 6.78. The Hall–Kier alpha value is -2.95. The van der Waals surface area contributed by atoms with Crippen LogP contribution in [0.1, 0.15) is 69.6 Å². The summed E-state index contributed by atoms with van der Waals surface area (Å²) >= 11 is 0. The van der Waals surface area contributed by atoms with Crippen LogP contribution in [0, 0.1) is 18.8 Å². The van der Waals surface area contributed by atoms with Gasteiger partial charge >= 0.3 is 0 Å². The van der Waals surface area contributed by atoms with Crippen molar-refractivity contribution in [2.75, 3.05) is 11.4 Å².